The third kappa shape index (κ3) is 2.73. The van der Waals surface area contributed by atoms with Crippen molar-refractivity contribution in [1.82, 2.24) is 14.9 Å². The lowest BCUT2D eigenvalue weighted by atomic mass is 9.82. The molecule has 2 aromatic rings. The molecule has 1 saturated carbocycles. The number of aliphatic carboxylic acids is 1. The van der Waals surface area contributed by atoms with Gasteiger partial charge in [-0.25, -0.2) is 4.98 Å². The molecule has 1 fully saturated rings. The summed E-state index contributed by atoms with van der Waals surface area (Å²) in [4.78, 5) is 28.3. The SMILES string of the molecule is O=C(O)[C@@H]1[C@H](C(=O)NCc2ccccc2-n2ccnc2)[C@H]2C=C[C@H]1C2. The van der Waals surface area contributed by atoms with Crippen molar-refractivity contribution in [3.63, 3.8) is 0 Å². The van der Waals surface area contributed by atoms with Gasteiger partial charge in [0.1, 0.15) is 0 Å². The lowest BCUT2D eigenvalue weighted by Gasteiger charge is -2.24. The molecule has 2 aliphatic rings. The first-order valence-electron chi connectivity index (χ1n) is 8.40. The monoisotopic (exact) mass is 337 g/mol. The van der Waals surface area contributed by atoms with Crippen molar-refractivity contribution in [3.8, 4) is 5.69 Å². The van der Waals surface area contributed by atoms with E-state index >= 15 is 0 Å². The Bertz CT molecular complexity index is 828. The second-order valence-corrected chi connectivity index (χ2v) is 6.65. The second kappa shape index (κ2) is 6.20. The molecule has 0 unspecified atom stereocenters. The lowest BCUT2D eigenvalue weighted by molar-refractivity contribution is -0.147. The fourth-order valence-electron chi connectivity index (χ4n) is 4.13. The number of hydrogen-bond donors (Lipinski definition) is 2. The van der Waals surface area contributed by atoms with Crippen molar-refractivity contribution in [2.24, 2.45) is 23.7 Å². The number of hydrogen-bond acceptors (Lipinski definition) is 3. The zero-order valence-electron chi connectivity index (χ0n) is 13.6. The van der Waals surface area contributed by atoms with Crippen molar-refractivity contribution in [1.29, 1.82) is 0 Å². The Morgan fingerprint density at radius 1 is 1.20 bits per heavy atom. The van der Waals surface area contributed by atoms with Crippen LogP contribution in [0.1, 0.15) is 12.0 Å². The van der Waals surface area contributed by atoms with Gasteiger partial charge in [0.2, 0.25) is 5.91 Å². The predicted molar refractivity (Wildman–Crippen MR) is 90.8 cm³/mol. The molecular formula is C19H19N3O3. The number of amides is 1. The van der Waals surface area contributed by atoms with Gasteiger partial charge in [0.25, 0.3) is 0 Å². The van der Waals surface area contributed by atoms with E-state index in [0.29, 0.717) is 6.54 Å². The van der Waals surface area contributed by atoms with Gasteiger partial charge in [0.15, 0.2) is 0 Å². The summed E-state index contributed by atoms with van der Waals surface area (Å²) in [5.74, 6) is -2.13. The first-order valence-corrected chi connectivity index (χ1v) is 8.40. The highest BCUT2D eigenvalue weighted by atomic mass is 16.4. The Labute approximate surface area is 145 Å². The van der Waals surface area contributed by atoms with Crippen molar-refractivity contribution in [2.75, 3.05) is 0 Å². The maximum absolute atomic E-state index is 12.7. The third-order valence-electron chi connectivity index (χ3n) is 5.27. The van der Waals surface area contributed by atoms with Gasteiger partial charge in [-0.1, -0.05) is 30.4 Å². The van der Waals surface area contributed by atoms with Gasteiger partial charge in [0.05, 0.1) is 23.9 Å². The van der Waals surface area contributed by atoms with E-state index in [1.54, 1.807) is 12.5 Å². The van der Waals surface area contributed by atoms with Crippen molar-refractivity contribution in [3.05, 3.63) is 60.7 Å². The van der Waals surface area contributed by atoms with Gasteiger partial charge in [-0.3, -0.25) is 9.59 Å². The Hall–Kier alpha value is -2.89. The highest BCUT2D eigenvalue weighted by Gasteiger charge is 2.51. The summed E-state index contributed by atoms with van der Waals surface area (Å²) in [5.41, 5.74) is 1.90. The maximum Gasteiger partial charge on any atom is 0.307 e. The lowest BCUT2D eigenvalue weighted by Crippen LogP contribution is -2.40. The minimum Gasteiger partial charge on any atom is -0.481 e. The molecule has 4 rings (SSSR count). The van der Waals surface area contributed by atoms with Crippen LogP contribution in [0.5, 0.6) is 0 Å². The van der Waals surface area contributed by atoms with Crippen molar-refractivity contribution >= 4 is 11.9 Å². The number of carboxylic acids is 1. The fraction of sp³-hybridized carbons (Fsp3) is 0.316. The summed E-state index contributed by atoms with van der Waals surface area (Å²) in [6.45, 7) is 0.358. The zero-order valence-corrected chi connectivity index (χ0v) is 13.6. The molecule has 1 heterocycles. The topological polar surface area (TPSA) is 84.2 Å². The minimum absolute atomic E-state index is 0.0171. The number of fused-ring (bicyclic) bond motifs is 2. The van der Waals surface area contributed by atoms with Gasteiger partial charge in [-0.15, -0.1) is 0 Å². The summed E-state index contributed by atoms with van der Waals surface area (Å²) in [6, 6.07) is 7.76. The molecule has 25 heavy (non-hydrogen) atoms. The van der Waals surface area contributed by atoms with E-state index in [1.165, 1.54) is 0 Å². The van der Waals surface area contributed by atoms with Gasteiger partial charge >= 0.3 is 5.97 Å². The Kier molecular flexibility index (Phi) is 3.87. The van der Waals surface area contributed by atoms with Gasteiger partial charge in [-0.05, 0) is 29.9 Å². The molecule has 2 bridgehead atoms. The molecule has 1 aromatic carbocycles. The maximum atomic E-state index is 12.7. The van der Waals surface area contributed by atoms with Crippen LogP contribution in [0.3, 0.4) is 0 Å². The summed E-state index contributed by atoms with van der Waals surface area (Å²) < 4.78 is 1.89. The number of carbonyl (C=O) groups excluding carboxylic acids is 1. The number of nitrogens with zero attached hydrogens (tertiary/aromatic N) is 2. The number of imidazole rings is 1. The van der Waals surface area contributed by atoms with E-state index < -0.39 is 17.8 Å². The first-order chi connectivity index (χ1) is 12.1. The van der Waals surface area contributed by atoms with Crippen LogP contribution in [0.2, 0.25) is 0 Å². The number of rotatable bonds is 5. The number of aromatic nitrogens is 2. The highest BCUT2D eigenvalue weighted by molar-refractivity contribution is 5.86. The molecule has 1 aromatic heterocycles. The molecule has 2 N–H and O–H groups in total. The quantitative estimate of drug-likeness (QED) is 0.818. The molecule has 6 nitrogen and oxygen atoms in total. The molecular weight excluding hydrogens is 318 g/mol. The average molecular weight is 337 g/mol. The summed E-state index contributed by atoms with van der Waals surface area (Å²) in [6.07, 6.45) is 9.97. The van der Waals surface area contributed by atoms with Crippen molar-refractivity contribution in [2.45, 2.75) is 13.0 Å². The Morgan fingerprint density at radius 2 is 1.96 bits per heavy atom. The van der Waals surface area contributed by atoms with E-state index in [2.05, 4.69) is 10.3 Å². The molecule has 0 spiro atoms. The molecule has 1 amide bonds. The number of para-hydroxylation sites is 1. The summed E-state index contributed by atoms with van der Waals surface area (Å²) >= 11 is 0. The molecule has 0 saturated heterocycles. The van der Waals surface area contributed by atoms with Crippen LogP contribution in [-0.4, -0.2) is 26.5 Å². The highest BCUT2D eigenvalue weighted by Crippen LogP contribution is 2.48. The van der Waals surface area contributed by atoms with Crippen LogP contribution in [-0.2, 0) is 16.1 Å². The second-order valence-electron chi connectivity index (χ2n) is 6.65. The molecule has 6 heteroatoms. The third-order valence-corrected chi connectivity index (χ3v) is 5.27. The predicted octanol–water partition coefficient (Wildman–Crippen LogP) is 2.01. The zero-order chi connectivity index (χ0) is 17.4. The van der Waals surface area contributed by atoms with Crippen LogP contribution in [0.15, 0.2) is 55.1 Å². The van der Waals surface area contributed by atoms with Crippen LogP contribution in [0, 0.1) is 23.7 Å². The first kappa shape index (κ1) is 15.6. The van der Waals surface area contributed by atoms with E-state index in [1.807, 2.05) is 47.2 Å². The van der Waals surface area contributed by atoms with Gasteiger partial charge in [0, 0.05) is 18.9 Å². The summed E-state index contributed by atoms with van der Waals surface area (Å²) in [7, 11) is 0. The number of benzene rings is 1. The van der Waals surface area contributed by atoms with Gasteiger partial charge in [-0.2, -0.15) is 0 Å². The van der Waals surface area contributed by atoms with E-state index in [4.69, 9.17) is 0 Å². The molecule has 0 aliphatic heterocycles. The normalized spacial score (nSPS) is 26.7. The van der Waals surface area contributed by atoms with Crippen molar-refractivity contribution < 1.29 is 14.7 Å². The number of carboxylic acid groups (broad SMARTS) is 1. The average Bonchev–Trinajstić information content (AvgIpc) is 3.35. The minimum atomic E-state index is -0.879. The van der Waals surface area contributed by atoms with Crippen LogP contribution in [0.25, 0.3) is 5.69 Å². The molecule has 128 valence electrons. The summed E-state index contributed by atoms with van der Waals surface area (Å²) in [5, 5.41) is 12.4. The Morgan fingerprint density at radius 3 is 2.68 bits per heavy atom. The van der Waals surface area contributed by atoms with Crippen LogP contribution in [0.4, 0.5) is 0 Å². The van der Waals surface area contributed by atoms with E-state index in [0.717, 1.165) is 17.7 Å². The van der Waals surface area contributed by atoms with Crippen LogP contribution >= 0.6 is 0 Å². The molecule has 0 radical (unpaired) electrons. The molecule has 2 aliphatic carbocycles. The number of nitrogens with one attached hydrogen (secondary N) is 1. The smallest absolute Gasteiger partial charge is 0.307 e. The molecule has 4 atom stereocenters. The van der Waals surface area contributed by atoms with E-state index in [9.17, 15) is 14.7 Å². The fourth-order valence-corrected chi connectivity index (χ4v) is 4.13. The largest absolute Gasteiger partial charge is 0.481 e. The Balaban J connectivity index is 1.50. The van der Waals surface area contributed by atoms with E-state index in [-0.39, 0.29) is 17.7 Å². The van der Waals surface area contributed by atoms with Crippen LogP contribution < -0.4 is 5.32 Å². The standard InChI is InChI=1S/C19H19N3O3/c23-18(16-12-5-6-13(9-12)17(16)19(24)25)21-10-14-3-1-2-4-15(14)22-8-7-20-11-22/h1-8,11-13,16-17H,9-10H2,(H,21,23)(H,24,25)/t12-,13-,16+,17-/m0/s1. The number of allylic oxidation sites excluding steroid dienone is 2. The van der Waals surface area contributed by atoms with Gasteiger partial charge < -0.3 is 15.0 Å². The number of carbonyl (C=O) groups is 2.